The van der Waals surface area contributed by atoms with Gasteiger partial charge < -0.3 is 15.1 Å². The van der Waals surface area contributed by atoms with E-state index in [9.17, 15) is 4.39 Å². The zero-order valence-electron chi connectivity index (χ0n) is 12.2. The lowest BCUT2D eigenvalue weighted by Crippen LogP contribution is -2.53. The van der Waals surface area contributed by atoms with E-state index in [-0.39, 0.29) is 5.82 Å². The monoisotopic (exact) mass is 307 g/mol. The van der Waals surface area contributed by atoms with Crippen LogP contribution >= 0.6 is 12.2 Å². The quantitative estimate of drug-likeness (QED) is 0.847. The van der Waals surface area contributed by atoms with Crippen LogP contribution < -0.4 is 10.2 Å². The van der Waals surface area contributed by atoms with E-state index in [1.54, 1.807) is 6.07 Å². The van der Waals surface area contributed by atoms with Crippen LogP contribution in [0.4, 0.5) is 10.1 Å². The standard InChI is InChI=1S/C16H22FN3S/c17-14-7-3-4-8-15(14)19-9-11-20(12-10-19)16(21)18-13-5-1-2-6-13/h3-4,7-8,13H,1-2,5-6,9-12H2,(H,18,21). The third-order valence-electron chi connectivity index (χ3n) is 4.44. The summed E-state index contributed by atoms with van der Waals surface area (Å²) in [7, 11) is 0. The number of nitrogens with zero attached hydrogens (tertiary/aromatic N) is 2. The van der Waals surface area contributed by atoms with Crippen molar-refractivity contribution in [1.82, 2.24) is 10.2 Å². The zero-order valence-corrected chi connectivity index (χ0v) is 13.0. The maximum absolute atomic E-state index is 13.8. The molecular weight excluding hydrogens is 285 g/mol. The van der Waals surface area contributed by atoms with Crippen LogP contribution in [-0.4, -0.2) is 42.2 Å². The summed E-state index contributed by atoms with van der Waals surface area (Å²) >= 11 is 5.51. The second kappa shape index (κ2) is 6.60. The fraction of sp³-hybridized carbons (Fsp3) is 0.562. The van der Waals surface area contributed by atoms with Gasteiger partial charge in [-0.25, -0.2) is 4.39 Å². The van der Waals surface area contributed by atoms with Gasteiger partial charge >= 0.3 is 0 Å². The highest BCUT2D eigenvalue weighted by Crippen LogP contribution is 2.21. The summed E-state index contributed by atoms with van der Waals surface area (Å²) in [5, 5.41) is 4.35. The van der Waals surface area contributed by atoms with Gasteiger partial charge in [0.15, 0.2) is 5.11 Å². The van der Waals surface area contributed by atoms with Gasteiger partial charge in [0.05, 0.1) is 5.69 Å². The number of piperazine rings is 1. The number of halogens is 1. The summed E-state index contributed by atoms with van der Waals surface area (Å²) in [6.45, 7) is 3.33. The molecule has 0 unspecified atom stereocenters. The van der Waals surface area contributed by atoms with E-state index >= 15 is 0 Å². The van der Waals surface area contributed by atoms with Crippen LogP contribution in [0.5, 0.6) is 0 Å². The summed E-state index contributed by atoms with van der Waals surface area (Å²) < 4.78 is 13.8. The Morgan fingerprint density at radius 3 is 2.43 bits per heavy atom. The molecule has 0 aromatic heterocycles. The van der Waals surface area contributed by atoms with Crippen molar-refractivity contribution in [2.45, 2.75) is 31.7 Å². The maximum Gasteiger partial charge on any atom is 0.169 e. The highest BCUT2D eigenvalue weighted by Gasteiger charge is 2.23. The fourth-order valence-electron chi connectivity index (χ4n) is 3.19. The van der Waals surface area contributed by atoms with Crippen molar-refractivity contribution in [3.63, 3.8) is 0 Å². The molecule has 3 nitrogen and oxygen atoms in total. The highest BCUT2D eigenvalue weighted by molar-refractivity contribution is 7.80. The number of hydrogen-bond acceptors (Lipinski definition) is 2. The van der Waals surface area contributed by atoms with Gasteiger partial charge in [-0.1, -0.05) is 25.0 Å². The third-order valence-corrected chi connectivity index (χ3v) is 4.82. The number of para-hydroxylation sites is 1. The fourth-order valence-corrected chi connectivity index (χ4v) is 3.54. The summed E-state index contributed by atoms with van der Waals surface area (Å²) in [6.07, 6.45) is 5.08. The molecule has 1 aromatic rings. The number of nitrogens with one attached hydrogen (secondary N) is 1. The molecule has 0 radical (unpaired) electrons. The van der Waals surface area contributed by atoms with E-state index in [1.165, 1.54) is 31.7 Å². The number of benzene rings is 1. The van der Waals surface area contributed by atoms with Gasteiger partial charge in [-0.3, -0.25) is 0 Å². The molecule has 1 N–H and O–H groups in total. The minimum atomic E-state index is -0.141. The Hall–Kier alpha value is -1.36. The van der Waals surface area contributed by atoms with Gasteiger partial charge in [-0.15, -0.1) is 0 Å². The molecular formula is C16H22FN3S. The molecule has 21 heavy (non-hydrogen) atoms. The molecule has 114 valence electrons. The first-order valence-corrected chi connectivity index (χ1v) is 8.20. The second-order valence-electron chi connectivity index (χ2n) is 5.86. The smallest absolute Gasteiger partial charge is 0.169 e. The molecule has 5 heteroatoms. The predicted molar refractivity (Wildman–Crippen MR) is 88.2 cm³/mol. The molecule has 1 heterocycles. The molecule has 2 aliphatic rings. The Kier molecular flexibility index (Phi) is 4.58. The SMILES string of the molecule is Fc1ccccc1N1CCN(C(=S)NC2CCCC2)CC1. The van der Waals surface area contributed by atoms with E-state index in [4.69, 9.17) is 12.2 Å². The third kappa shape index (κ3) is 3.46. The van der Waals surface area contributed by atoms with Crippen LogP contribution in [0.1, 0.15) is 25.7 Å². The first-order valence-electron chi connectivity index (χ1n) is 7.79. The second-order valence-corrected chi connectivity index (χ2v) is 6.24. The molecule has 2 fully saturated rings. The van der Waals surface area contributed by atoms with Crippen LogP contribution in [0.3, 0.4) is 0 Å². The van der Waals surface area contributed by atoms with Crippen LogP contribution in [-0.2, 0) is 0 Å². The van der Waals surface area contributed by atoms with Crippen LogP contribution in [0.25, 0.3) is 0 Å². The van der Waals surface area contributed by atoms with E-state index in [0.29, 0.717) is 11.7 Å². The van der Waals surface area contributed by atoms with Gasteiger partial charge in [0, 0.05) is 32.2 Å². The van der Waals surface area contributed by atoms with Gasteiger partial charge in [0.1, 0.15) is 5.82 Å². The molecule has 0 spiro atoms. The molecule has 3 rings (SSSR count). The summed E-state index contributed by atoms with van der Waals surface area (Å²) in [6, 6.07) is 7.54. The first-order chi connectivity index (χ1) is 10.2. The summed E-state index contributed by atoms with van der Waals surface area (Å²) in [5.74, 6) is -0.141. The van der Waals surface area contributed by atoms with Crippen LogP contribution in [0.15, 0.2) is 24.3 Å². The largest absolute Gasteiger partial charge is 0.366 e. The molecule has 1 aromatic carbocycles. The molecule has 1 saturated carbocycles. The Balaban J connectivity index is 1.52. The molecule has 0 atom stereocenters. The number of anilines is 1. The van der Waals surface area contributed by atoms with Gasteiger partial charge in [0.2, 0.25) is 0 Å². The molecule has 0 amide bonds. The van der Waals surface area contributed by atoms with Crippen molar-refractivity contribution >= 4 is 23.0 Å². The van der Waals surface area contributed by atoms with Crippen molar-refractivity contribution in [3.05, 3.63) is 30.1 Å². The Bertz CT molecular complexity index is 494. The average Bonchev–Trinajstić information content (AvgIpc) is 3.01. The molecule has 1 aliphatic carbocycles. The average molecular weight is 307 g/mol. The van der Waals surface area contributed by atoms with Gasteiger partial charge in [-0.05, 0) is 37.2 Å². The Morgan fingerprint density at radius 1 is 1.10 bits per heavy atom. The number of thiocarbonyl (C=S) groups is 1. The number of rotatable bonds is 2. The van der Waals surface area contributed by atoms with Crippen molar-refractivity contribution < 1.29 is 4.39 Å². The lowest BCUT2D eigenvalue weighted by atomic mass is 10.2. The van der Waals surface area contributed by atoms with Crippen molar-refractivity contribution in [3.8, 4) is 0 Å². The van der Waals surface area contributed by atoms with Gasteiger partial charge in [0.25, 0.3) is 0 Å². The molecule has 0 bridgehead atoms. The topological polar surface area (TPSA) is 18.5 Å². The van der Waals surface area contributed by atoms with E-state index in [0.717, 1.165) is 31.3 Å². The first kappa shape index (κ1) is 14.6. The van der Waals surface area contributed by atoms with Crippen LogP contribution in [0.2, 0.25) is 0 Å². The van der Waals surface area contributed by atoms with E-state index in [2.05, 4.69) is 15.1 Å². The number of hydrogen-bond donors (Lipinski definition) is 1. The minimum absolute atomic E-state index is 0.141. The highest BCUT2D eigenvalue weighted by atomic mass is 32.1. The van der Waals surface area contributed by atoms with Crippen molar-refractivity contribution in [2.24, 2.45) is 0 Å². The normalized spacial score (nSPS) is 19.9. The van der Waals surface area contributed by atoms with Crippen LogP contribution in [0, 0.1) is 5.82 Å². The maximum atomic E-state index is 13.8. The van der Waals surface area contributed by atoms with Crippen molar-refractivity contribution in [1.29, 1.82) is 0 Å². The Labute approximate surface area is 131 Å². The minimum Gasteiger partial charge on any atom is -0.366 e. The summed E-state index contributed by atoms with van der Waals surface area (Å²) in [5.41, 5.74) is 0.701. The lowest BCUT2D eigenvalue weighted by molar-refractivity contribution is 0.372. The van der Waals surface area contributed by atoms with E-state index < -0.39 is 0 Å². The Morgan fingerprint density at radius 2 is 1.76 bits per heavy atom. The van der Waals surface area contributed by atoms with Crippen molar-refractivity contribution in [2.75, 3.05) is 31.1 Å². The molecule has 1 aliphatic heterocycles. The predicted octanol–water partition coefficient (Wildman–Crippen LogP) is 2.76. The van der Waals surface area contributed by atoms with Gasteiger partial charge in [-0.2, -0.15) is 0 Å². The molecule has 1 saturated heterocycles. The lowest BCUT2D eigenvalue weighted by Gasteiger charge is -2.38. The van der Waals surface area contributed by atoms with E-state index in [1.807, 2.05) is 12.1 Å². The summed E-state index contributed by atoms with van der Waals surface area (Å²) in [4.78, 5) is 4.31. The zero-order chi connectivity index (χ0) is 14.7.